The molecule has 0 saturated carbocycles. The SMILES string of the molecule is C[C@@H](O)[C@H]1C(=O)N2C(C(=O)OCc3ccc([N+](=O)[O-])cc3)=C(c3cn4cnc(SCC(N)=O)c4s3)[C@H](C)[C@H]12. The summed E-state index contributed by atoms with van der Waals surface area (Å²) in [6.07, 6.45) is 2.53. The normalized spacial score (nSPS) is 21.4. The molecule has 2 aliphatic rings. The Balaban J connectivity index is 1.48. The number of amides is 2. The molecule has 1 aromatic carbocycles. The van der Waals surface area contributed by atoms with Crippen molar-refractivity contribution in [3.8, 4) is 0 Å². The number of primary amides is 1. The summed E-state index contributed by atoms with van der Waals surface area (Å²) in [6, 6.07) is 5.25. The molecule has 4 atom stereocenters. The molecule has 0 aliphatic carbocycles. The molecule has 3 aromatic rings. The first kappa shape index (κ1) is 25.9. The van der Waals surface area contributed by atoms with E-state index in [1.165, 1.54) is 52.3 Å². The van der Waals surface area contributed by atoms with E-state index in [9.17, 15) is 29.6 Å². The number of hydrogen-bond donors (Lipinski definition) is 2. The zero-order valence-electron chi connectivity index (χ0n) is 20.3. The van der Waals surface area contributed by atoms with Crippen LogP contribution in [0.4, 0.5) is 5.69 Å². The van der Waals surface area contributed by atoms with Crippen LogP contribution in [0.15, 0.2) is 47.5 Å². The molecule has 12 nitrogen and oxygen atoms in total. The highest BCUT2D eigenvalue weighted by molar-refractivity contribution is 8.00. The maximum absolute atomic E-state index is 13.4. The third kappa shape index (κ3) is 4.33. The minimum Gasteiger partial charge on any atom is -0.456 e. The maximum Gasteiger partial charge on any atom is 0.355 e. The molecule has 4 heterocycles. The Kier molecular flexibility index (Phi) is 6.71. The Hall–Kier alpha value is -3.75. The largest absolute Gasteiger partial charge is 0.456 e. The van der Waals surface area contributed by atoms with Crippen molar-refractivity contribution in [1.29, 1.82) is 0 Å². The number of hydrogen-bond acceptors (Lipinski definition) is 10. The first-order valence-electron chi connectivity index (χ1n) is 11.6. The highest BCUT2D eigenvalue weighted by Crippen LogP contribution is 2.52. The van der Waals surface area contributed by atoms with Gasteiger partial charge in [-0.3, -0.25) is 24.1 Å². The molecule has 38 heavy (non-hydrogen) atoms. The number of esters is 1. The summed E-state index contributed by atoms with van der Waals surface area (Å²) in [5.41, 5.74) is 6.49. The number of benzene rings is 1. The predicted octanol–water partition coefficient (Wildman–Crippen LogP) is 2.19. The van der Waals surface area contributed by atoms with Crippen LogP contribution in [0.2, 0.25) is 0 Å². The lowest BCUT2D eigenvalue weighted by Gasteiger charge is -2.46. The number of thiazole rings is 1. The van der Waals surface area contributed by atoms with Gasteiger partial charge in [0, 0.05) is 29.8 Å². The highest BCUT2D eigenvalue weighted by atomic mass is 32.2. The molecule has 2 amide bonds. The molecular formula is C24H23N5O7S2. The predicted molar refractivity (Wildman–Crippen MR) is 138 cm³/mol. The molecule has 0 bridgehead atoms. The number of nitro groups is 1. The van der Waals surface area contributed by atoms with Crippen molar-refractivity contribution in [1.82, 2.24) is 14.3 Å². The number of nitrogens with zero attached hydrogens (tertiary/aromatic N) is 4. The molecule has 0 spiro atoms. The monoisotopic (exact) mass is 557 g/mol. The van der Waals surface area contributed by atoms with Crippen LogP contribution < -0.4 is 5.73 Å². The van der Waals surface area contributed by atoms with Crippen molar-refractivity contribution >= 4 is 57.0 Å². The van der Waals surface area contributed by atoms with Crippen LogP contribution >= 0.6 is 23.1 Å². The fourth-order valence-corrected chi connectivity index (χ4v) is 7.00. The van der Waals surface area contributed by atoms with Crippen molar-refractivity contribution in [2.45, 2.75) is 37.6 Å². The highest BCUT2D eigenvalue weighted by Gasteiger charge is 2.60. The Morgan fingerprint density at radius 3 is 2.68 bits per heavy atom. The minimum absolute atomic E-state index is 0.0691. The summed E-state index contributed by atoms with van der Waals surface area (Å²) in [5, 5.41) is 21.8. The van der Waals surface area contributed by atoms with Crippen LogP contribution in [0.5, 0.6) is 0 Å². The van der Waals surface area contributed by atoms with Gasteiger partial charge >= 0.3 is 5.97 Å². The van der Waals surface area contributed by atoms with Crippen molar-refractivity contribution < 1.29 is 29.2 Å². The van der Waals surface area contributed by atoms with E-state index in [4.69, 9.17) is 10.5 Å². The summed E-state index contributed by atoms with van der Waals surface area (Å²) in [5.74, 6) is -2.37. The van der Waals surface area contributed by atoms with E-state index in [1.54, 1.807) is 17.7 Å². The fraction of sp³-hybridized carbons (Fsp3) is 0.333. The Bertz CT molecular complexity index is 1490. The van der Waals surface area contributed by atoms with Gasteiger partial charge in [-0.1, -0.05) is 18.7 Å². The number of thioether (sulfide) groups is 1. The number of rotatable bonds is 9. The standard InChI is InChI=1S/C24H23N5O7S2/c1-11-17(15-7-27-10-26-21(23(27)38-15)37-9-16(25)31)20(28-19(11)18(12(2)30)22(28)32)24(33)36-8-13-3-5-14(6-4-13)29(34)35/h3-7,10-12,18-19,30H,8-9H2,1-2H3,(H2,25,31)/t11-,12+,18+,19+/m0/s1. The number of carbonyl (C=O) groups excluding carboxylic acids is 3. The summed E-state index contributed by atoms with van der Waals surface area (Å²) < 4.78 is 7.34. The van der Waals surface area contributed by atoms with Gasteiger partial charge in [-0.25, -0.2) is 9.78 Å². The second-order valence-electron chi connectivity index (χ2n) is 9.13. The number of aliphatic hydroxyl groups is 1. The molecule has 14 heteroatoms. The molecule has 5 rings (SSSR count). The molecular weight excluding hydrogens is 534 g/mol. The zero-order chi connectivity index (χ0) is 27.3. The van der Waals surface area contributed by atoms with E-state index in [0.717, 1.165) is 9.71 Å². The molecule has 1 saturated heterocycles. The van der Waals surface area contributed by atoms with E-state index < -0.39 is 34.9 Å². The lowest BCUT2D eigenvalue weighted by molar-refractivity contribution is -0.384. The molecule has 2 aliphatic heterocycles. The van der Waals surface area contributed by atoms with Gasteiger partial charge in [-0.15, -0.1) is 11.3 Å². The van der Waals surface area contributed by atoms with Gasteiger partial charge in [-0.05, 0) is 24.6 Å². The summed E-state index contributed by atoms with van der Waals surface area (Å²) in [7, 11) is 0. The van der Waals surface area contributed by atoms with Crippen molar-refractivity contribution in [2.75, 3.05) is 5.75 Å². The number of ether oxygens (including phenoxy) is 1. The molecule has 3 N–H and O–H groups in total. The van der Waals surface area contributed by atoms with Crippen LogP contribution in [0.25, 0.3) is 10.4 Å². The lowest BCUT2D eigenvalue weighted by Crippen LogP contribution is -2.63. The number of carbonyl (C=O) groups is 3. The van der Waals surface area contributed by atoms with E-state index in [1.807, 2.05) is 13.1 Å². The number of nitrogens with two attached hydrogens (primary N) is 1. The number of nitro benzene ring substituents is 1. The van der Waals surface area contributed by atoms with Crippen molar-refractivity contribution in [3.05, 3.63) is 63.0 Å². The van der Waals surface area contributed by atoms with E-state index in [0.29, 0.717) is 16.2 Å². The Labute approximate surface area is 224 Å². The summed E-state index contributed by atoms with van der Waals surface area (Å²) in [6.45, 7) is 3.32. The number of imidazole rings is 1. The van der Waals surface area contributed by atoms with E-state index in [-0.39, 0.29) is 35.6 Å². The molecule has 0 unspecified atom stereocenters. The van der Waals surface area contributed by atoms with Crippen LogP contribution in [0.3, 0.4) is 0 Å². The van der Waals surface area contributed by atoms with Gasteiger partial charge in [0.2, 0.25) is 11.8 Å². The van der Waals surface area contributed by atoms with Crippen LogP contribution in [-0.2, 0) is 25.7 Å². The van der Waals surface area contributed by atoms with Crippen LogP contribution in [0, 0.1) is 22.0 Å². The lowest BCUT2D eigenvalue weighted by atomic mass is 9.77. The maximum atomic E-state index is 13.4. The Morgan fingerprint density at radius 1 is 1.34 bits per heavy atom. The molecule has 2 aromatic heterocycles. The van der Waals surface area contributed by atoms with Crippen molar-refractivity contribution in [2.24, 2.45) is 17.6 Å². The van der Waals surface area contributed by atoms with Crippen LogP contribution in [-0.4, -0.2) is 60.0 Å². The first-order chi connectivity index (χ1) is 18.1. The molecule has 1 fully saturated rings. The van der Waals surface area contributed by atoms with Gasteiger partial charge in [0.25, 0.3) is 5.69 Å². The van der Waals surface area contributed by atoms with Gasteiger partial charge < -0.3 is 20.5 Å². The fourth-order valence-electron chi connectivity index (χ4n) is 4.96. The number of non-ortho nitro benzene ring substituents is 1. The third-order valence-corrected chi connectivity index (χ3v) is 8.95. The number of aromatic nitrogens is 2. The smallest absolute Gasteiger partial charge is 0.355 e. The Morgan fingerprint density at radius 2 is 2.05 bits per heavy atom. The second kappa shape index (κ2) is 9.85. The number of β-lactam (4-membered cyclic amide) rings is 1. The van der Waals surface area contributed by atoms with Crippen molar-refractivity contribution in [3.63, 3.8) is 0 Å². The summed E-state index contributed by atoms with van der Waals surface area (Å²) in [4.78, 5) is 55.3. The molecule has 198 valence electrons. The van der Waals surface area contributed by atoms with E-state index >= 15 is 0 Å². The van der Waals surface area contributed by atoms with Gasteiger partial charge in [0.05, 0.1) is 33.6 Å². The average Bonchev–Trinajstić information content (AvgIpc) is 3.51. The topological polar surface area (TPSA) is 170 Å². The van der Waals surface area contributed by atoms with Crippen LogP contribution in [0.1, 0.15) is 24.3 Å². The first-order valence-corrected chi connectivity index (χ1v) is 13.4. The second-order valence-corrected chi connectivity index (χ2v) is 11.1. The van der Waals surface area contributed by atoms with Gasteiger partial charge in [-0.2, -0.15) is 0 Å². The third-order valence-electron chi connectivity index (χ3n) is 6.68. The van der Waals surface area contributed by atoms with Gasteiger partial charge in [0.15, 0.2) is 0 Å². The number of fused-ring (bicyclic) bond motifs is 2. The minimum atomic E-state index is -0.886. The van der Waals surface area contributed by atoms with Gasteiger partial charge in [0.1, 0.15) is 28.5 Å². The zero-order valence-corrected chi connectivity index (χ0v) is 21.9. The quantitative estimate of drug-likeness (QED) is 0.132. The number of aliphatic hydroxyl groups excluding tert-OH is 1. The average molecular weight is 558 g/mol. The van der Waals surface area contributed by atoms with E-state index in [2.05, 4.69) is 4.98 Å². The molecule has 0 radical (unpaired) electrons. The summed E-state index contributed by atoms with van der Waals surface area (Å²) >= 11 is 2.58.